The molecule has 2 aromatic rings. The number of aryl methyl sites for hydroxylation is 1. The van der Waals surface area contributed by atoms with Crippen LogP contribution in [-0.2, 0) is 0 Å². The number of aliphatic hydroxyl groups is 1. The van der Waals surface area contributed by atoms with Crippen molar-refractivity contribution >= 4 is 5.69 Å². The fourth-order valence-corrected chi connectivity index (χ4v) is 1.56. The lowest BCUT2D eigenvalue weighted by molar-refractivity contribution is 0.187. The smallest absolute Gasteiger partial charge is 0.113 e. The molecule has 0 aliphatic rings. The Morgan fingerprint density at radius 1 is 1.18 bits per heavy atom. The first kappa shape index (κ1) is 11.6. The second kappa shape index (κ2) is 5.46. The van der Waals surface area contributed by atoms with Crippen molar-refractivity contribution in [1.29, 1.82) is 0 Å². The van der Waals surface area contributed by atoms with Crippen LogP contribution in [0.2, 0.25) is 0 Å². The third-order valence-corrected chi connectivity index (χ3v) is 2.58. The van der Waals surface area contributed by atoms with Crippen molar-refractivity contribution in [3.8, 4) is 0 Å². The number of nitrogens with zero attached hydrogens (tertiary/aromatic N) is 1. The molecule has 0 aliphatic carbocycles. The van der Waals surface area contributed by atoms with Gasteiger partial charge in [-0.1, -0.05) is 23.8 Å². The van der Waals surface area contributed by atoms with Crippen LogP contribution in [0.25, 0.3) is 0 Å². The van der Waals surface area contributed by atoms with Crippen LogP contribution in [-0.4, -0.2) is 16.6 Å². The zero-order valence-electron chi connectivity index (χ0n) is 9.80. The summed E-state index contributed by atoms with van der Waals surface area (Å²) in [6, 6.07) is 13.6. The standard InChI is InChI=1S/C14H16N2O/c1-11-5-7-12(8-6-11)16-10-14(17)13-4-2-3-9-15-13/h2-9,14,16-17H,10H2,1H3. The SMILES string of the molecule is Cc1ccc(NCC(O)c2ccccn2)cc1. The number of anilines is 1. The molecule has 17 heavy (non-hydrogen) atoms. The number of aromatic nitrogens is 1. The Hall–Kier alpha value is -1.87. The zero-order valence-corrected chi connectivity index (χ0v) is 9.80. The highest BCUT2D eigenvalue weighted by Gasteiger charge is 2.07. The summed E-state index contributed by atoms with van der Waals surface area (Å²) in [5.41, 5.74) is 2.92. The molecule has 88 valence electrons. The lowest BCUT2D eigenvalue weighted by atomic mass is 10.2. The summed E-state index contributed by atoms with van der Waals surface area (Å²) >= 11 is 0. The van der Waals surface area contributed by atoms with Crippen LogP contribution in [0.5, 0.6) is 0 Å². The van der Waals surface area contributed by atoms with E-state index in [-0.39, 0.29) is 0 Å². The third-order valence-electron chi connectivity index (χ3n) is 2.58. The van der Waals surface area contributed by atoms with Crippen molar-refractivity contribution < 1.29 is 5.11 Å². The topological polar surface area (TPSA) is 45.1 Å². The summed E-state index contributed by atoms with van der Waals surface area (Å²) in [6.07, 6.45) is 1.10. The molecule has 0 saturated carbocycles. The Bertz CT molecular complexity index is 453. The van der Waals surface area contributed by atoms with E-state index in [1.165, 1.54) is 5.56 Å². The van der Waals surface area contributed by atoms with Gasteiger partial charge in [0.25, 0.3) is 0 Å². The molecule has 1 aromatic carbocycles. The van der Waals surface area contributed by atoms with E-state index in [0.29, 0.717) is 12.2 Å². The quantitative estimate of drug-likeness (QED) is 0.845. The van der Waals surface area contributed by atoms with Gasteiger partial charge in [0.15, 0.2) is 0 Å². The van der Waals surface area contributed by atoms with Gasteiger partial charge >= 0.3 is 0 Å². The van der Waals surface area contributed by atoms with Gasteiger partial charge in [0.2, 0.25) is 0 Å². The molecule has 3 nitrogen and oxygen atoms in total. The fourth-order valence-electron chi connectivity index (χ4n) is 1.56. The van der Waals surface area contributed by atoms with Gasteiger partial charge in [-0.15, -0.1) is 0 Å². The second-order valence-electron chi connectivity index (χ2n) is 4.02. The predicted octanol–water partition coefficient (Wildman–Crippen LogP) is 2.54. The lowest BCUT2D eigenvalue weighted by Crippen LogP contribution is -2.13. The number of hydrogen-bond acceptors (Lipinski definition) is 3. The van der Waals surface area contributed by atoms with Gasteiger partial charge in [-0.25, -0.2) is 0 Å². The molecular weight excluding hydrogens is 212 g/mol. The summed E-state index contributed by atoms with van der Waals surface area (Å²) in [6.45, 7) is 2.51. The number of pyridine rings is 1. The van der Waals surface area contributed by atoms with Crippen LogP contribution in [0.1, 0.15) is 17.4 Å². The minimum Gasteiger partial charge on any atom is -0.385 e. The highest BCUT2D eigenvalue weighted by Crippen LogP contribution is 2.12. The molecule has 0 saturated heterocycles. The molecule has 1 heterocycles. The molecule has 0 bridgehead atoms. The Morgan fingerprint density at radius 3 is 2.59 bits per heavy atom. The monoisotopic (exact) mass is 228 g/mol. The van der Waals surface area contributed by atoms with E-state index in [9.17, 15) is 5.11 Å². The first-order valence-electron chi connectivity index (χ1n) is 5.65. The van der Waals surface area contributed by atoms with E-state index < -0.39 is 6.10 Å². The van der Waals surface area contributed by atoms with Crippen LogP contribution in [0.4, 0.5) is 5.69 Å². The summed E-state index contributed by atoms with van der Waals surface area (Å²) in [5, 5.41) is 13.1. The number of nitrogens with one attached hydrogen (secondary N) is 1. The molecule has 3 heteroatoms. The van der Waals surface area contributed by atoms with Crippen molar-refractivity contribution in [2.75, 3.05) is 11.9 Å². The highest BCUT2D eigenvalue weighted by atomic mass is 16.3. The molecule has 0 amide bonds. The van der Waals surface area contributed by atoms with E-state index in [1.807, 2.05) is 49.4 Å². The Morgan fingerprint density at radius 2 is 1.94 bits per heavy atom. The molecule has 0 fully saturated rings. The van der Waals surface area contributed by atoms with Crippen molar-refractivity contribution in [1.82, 2.24) is 4.98 Å². The molecule has 1 atom stereocenters. The molecule has 2 rings (SSSR count). The van der Waals surface area contributed by atoms with Gasteiger partial charge in [-0.05, 0) is 31.2 Å². The summed E-state index contributed by atoms with van der Waals surface area (Å²) in [5.74, 6) is 0. The summed E-state index contributed by atoms with van der Waals surface area (Å²) in [4.78, 5) is 4.12. The van der Waals surface area contributed by atoms with Crippen LogP contribution in [0.3, 0.4) is 0 Å². The Balaban J connectivity index is 1.92. The van der Waals surface area contributed by atoms with Crippen LogP contribution in [0, 0.1) is 6.92 Å². The number of benzene rings is 1. The van der Waals surface area contributed by atoms with Crippen molar-refractivity contribution in [3.05, 3.63) is 59.9 Å². The van der Waals surface area contributed by atoms with Crippen molar-refractivity contribution in [3.63, 3.8) is 0 Å². The minimum atomic E-state index is -0.586. The lowest BCUT2D eigenvalue weighted by Gasteiger charge is -2.12. The highest BCUT2D eigenvalue weighted by molar-refractivity contribution is 5.44. The largest absolute Gasteiger partial charge is 0.385 e. The predicted molar refractivity (Wildman–Crippen MR) is 68.9 cm³/mol. The van der Waals surface area contributed by atoms with Gasteiger partial charge in [0.1, 0.15) is 6.10 Å². The first-order valence-corrected chi connectivity index (χ1v) is 5.65. The minimum absolute atomic E-state index is 0.458. The molecule has 0 aliphatic heterocycles. The number of rotatable bonds is 4. The average Bonchev–Trinajstić information content (AvgIpc) is 2.39. The number of aliphatic hydroxyl groups excluding tert-OH is 1. The van der Waals surface area contributed by atoms with Gasteiger partial charge < -0.3 is 10.4 Å². The molecule has 0 radical (unpaired) electrons. The van der Waals surface area contributed by atoms with E-state index in [2.05, 4.69) is 10.3 Å². The van der Waals surface area contributed by atoms with E-state index in [0.717, 1.165) is 5.69 Å². The summed E-state index contributed by atoms with van der Waals surface area (Å²) < 4.78 is 0. The summed E-state index contributed by atoms with van der Waals surface area (Å²) in [7, 11) is 0. The van der Waals surface area contributed by atoms with Crippen LogP contribution in [0.15, 0.2) is 48.7 Å². The van der Waals surface area contributed by atoms with E-state index in [4.69, 9.17) is 0 Å². The van der Waals surface area contributed by atoms with Gasteiger partial charge in [-0.2, -0.15) is 0 Å². The number of hydrogen-bond donors (Lipinski definition) is 2. The Kier molecular flexibility index (Phi) is 3.73. The first-order chi connectivity index (χ1) is 8.25. The van der Waals surface area contributed by atoms with Crippen molar-refractivity contribution in [2.24, 2.45) is 0 Å². The van der Waals surface area contributed by atoms with E-state index >= 15 is 0 Å². The fraction of sp³-hybridized carbons (Fsp3) is 0.214. The van der Waals surface area contributed by atoms with Gasteiger partial charge in [0.05, 0.1) is 5.69 Å². The maximum atomic E-state index is 9.91. The Labute approximate surface area is 101 Å². The third kappa shape index (κ3) is 3.29. The normalized spacial score (nSPS) is 12.1. The second-order valence-corrected chi connectivity index (χ2v) is 4.02. The average molecular weight is 228 g/mol. The van der Waals surface area contributed by atoms with Gasteiger partial charge in [0, 0.05) is 18.4 Å². The maximum Gasteiger partial charge on any atom is 0.113 e. The van der Waals surface area contributed by atoms with Crippen LogP contribution < -0.4 is 5.32 Å². The zero-order chi connectivity index (χ0) is 12.1. The van der Waals surface area contributed by atoms with Crippen LogP contribution >= 0.6 is 0 Å². The molecule has 1 unspecified atom stereocenters. The maximum absolute atomic E-state index is 9.91. The van der Waals surface area contributed by atoms with E-state index in [1.54, 1.807) is 6.20 Å². The molecule has 1 aromatic heterocycles. The van der Waals surface area contributed by atoms with Gasteiger partial charge in [-0.3, -0.25) is 4.98 Å². The molecular formula is C14H16N2O. The van der Waals surface area contributed by atoms with Crippen molar-refractivity contribution in [2.45, 2.75) is 13.0 Å². The molecule has 2 N–H and O–H groups in total. The molecule has 0 spiro atoms.